The molecule has 0 heterocycles. The van der Waals surface area contributed by atoms with Crippen molar-refractivity contribution < 1.29 is 22.3 Å². The van der Waals surface area contributed by atoms with Crippen molar-refractivity contribution >= 4 is 0 Å². The van der Waals surface area contributed by atoms with Crippen molar-refractivity contribution in [2.45, 2.75) is 323 Å². The third kappa shape index (κ3) is 19.0. The molecular weight excluding hydrogens is 981 g/mol. The second-order valence-electron chi connectivity index (χ2n) is 28.7. The van der Waals surface area contributed by atoms with Gasteiger partial charge in [-0.05, 0) is 221 Å². The van der Waals surface area contributed by atoms with E-state index in [1.165, 1.54) is 231 Å². The molecule has 2 aromatic carbocycles. The fraction of sp³-hybridized carbons (Fsp3) is 0.838. The molecule has 1 nitrogen and oxygen atoms in total. The van der Waals surface area contributed by atoms with Crippen molar-refractivity contribution in [3.8, 4) is 11.5 Å². The Kier molecular flexibility index (Phi) is 26.7. The number of hydrogen-bond donors (Lipinski definition) is 0. The number of ether oxygens (including phenoxy) is 1. The average molecular weight is 1100 g/mol. The molecule has 0 saturated heterocycles. The Morgan fingerprint density at radius 1 is 0.304 bits per heavy atom. The topological polar surface area (TPSA) is 9.23 Å². The highest BCUT2D eigenvalue weighted by Gasteiger charge is 2.35. The van der Waals surface area contributed by atoms with Gasteiger partial charge in [-0.25, -0.2) is 8.78 Å². The predicted molar refractivity (Wildman–Crippen MR) is 326 cm³/mol. The maximum absolute atomic E-state index is 17.0. The second kappa shape index (κ2) is 33.4. The molecule has 0 aliphatic heterocycles. The number of hydrogen-bond acceptors (Lipinski definition) is 1. The van der Waals surface area contributed by atoms with Gasteiger partial charge < -0.3 is 4.74 Å². The smallest absolute Gasteiger partial charge is 0.201 e. The van der Waals surface area contributed by atoms with Gasteiger partial charge in [0.05, 0.1) is 0 Å². The summed E-state index contributed by atoms with van der Waals surface area (Å²) >= 11 is 0. The molecule has 0 aromatic heterocycles. The number of rotatable bonds is 30. The van der Waals surface area contributed by atoms with E-state index in [9.17, 15) is 0 Å². The summed E-state index contributed by atoms with van der Waals surface area (Å²) in [6, 6.07) is 3.44. The highest BCUT2D eigenvalue weighted by atomic mass is 19.2. The van der Waals surface area contributed by atoms with Crippen molar-refractivity contribution in [2.24, 2.45) is 71.0 Å². The summed E-state index contributed by atoms with van der Waals surface area (Å²) in [5.41, 5.74) is 2.66. The lowest BCUT2D eigenvalue weighted by Crippen LogP contribution is -2.26. The zero-order chi connectivity index (χ0) is 55.3. The first-order valence-corrected chi connectivity index (χ1v) is 35.3. The van der Waals surface area contributed by atoms with Gasteiger partial charge in [-0.1, -0.05) is 207 Å². The van der Waals surface area contributed by atoms with E-state index in [1.807, 2.05) is 0 Å². The third-order valence-electron chi connectivity index (χ3n) is 23.3. The summed E-state index contributed by atoms with van der Waals surface area (Å²) in [6.45, 7) is 9.15. The first-order chi connectivity index (χ1) is 38.6. The maximum Gasteiger partial charge on any atom is 0.201 e. The maximum atomic E-state index is 17.0. The van der Waals surface area contributed by atoms with Crippen LogP contribution in [0.25, 0.3) is 0 Å². The minimum atomic E-state index is -1.05. The molecule has 6 aliphatic rings. The molecular formula is C74H118F4O. The van der Waals surface area contributed by atoms with E-state index in [1.54, 1.807) is 12.1 Å². The Balaban J connectivity index is 0.953. The van der Waals surface area contributed by atoms with Gasteiger partial charge in [0.15, 0.2) is 23.1 Å². The normalized spacial score (nSPS) is 29.9. The Morgan fingerprint density at radius 2 is 0.544 bits per heavy atom. The summed E-state index contributed by atoms with van der Waals surface area (Å²) in [7, 11) is 0. The summed E-state index contributed by atoms with van der Waals surface area (Å²) in [4.78, 5) is 0. The molecule has 6 aliphatic carbocycles. The molecule has 0 amide bonds. The highest BCUT2D eigenvalue weighted by molar-refractivity contribution is 5.45. The van der Waals surface area contributed by atoms with Crippen LogP contribution < -0.4 is 4.74 Å². The first-order valence-electron chi connectivity index (χ1n) is 35.3. The fourth-order valence-corrected chi connectivity index (χ4v) is 17.8. The Hall–Kier alpha value is -2.04. The van der Waals surface area contributed by atoms with Gasteiger partial charge in [0.25, 0.3) is 0 Å². The summed E-state index contributed by atoms with van der Waals surface area (Å²) in [5, 5.41) is 0. The molecule has 79 heavy (non-hydrogen) atoms. The van der Waals surface area contributed by atoms with Crippen LogP contribution >= 0.6 is 0 Å². The van der Waals surface area contributed by atoms with E-state index in [4.69, 9.17) is 4.74 Å². The monoisotopic (exact) mass is 1100 g/mol. The Morgan fingerprint density at radius 3 is 0.810 bits per heavy atom. The lowest BCUT2D eigenvalue weighted by Gasteiger charge is -2.38. The van der Waals surface area contributed by atoms with Crippen LogP contribution in [0.15, 0.2) is 12.1 Å². The molecule has 8 rings (SSSR count). The molecule has 0 radical (unpaired) electrons. The highest BCUT2D eigenvalue weighted by Crippen LogP contribution is 2.47. The summed E-state index contributed by atoms with van der Waals surface area (Å²) < 4.78 is 73.9. The molecule has 2 aromatic rings. The van der Waals surface area contributed by atoms with Crippen LogP contribution in [-0.4, -0.2) is 0 Å². The minimum Gasteiger partial charge on any atom is -0.451 e. The van der Waals surface area contributed by atoms with E-state index in [0.29, 0.717) is 60.5 Å². The number of benzene rings is 2. The van der Waals surface area contributed by atoms with E-state index in [0.717, 1.165) is 97.0 Å². The first kappa shape index (κ1) is 63.0. The fourth-order valence-electron chi connectivity index (χ4n) is 17.8. The van der Waals surface area contributed by atoms with Gasteiger partial charge in [0.1, 0.15) is 0 Å². The number of halogens is 4. The van der Waals surface area contributed by atoms with Gasteiger partial charge in [0.2, 0.25) is 11.6 Å². The van der Waals surface area contributed by atoms with Crippen LogP contribution in [0.5, 0.6) is 11.5 Å². The summed E-state index contributed by atoms with van der Waals surface area (Å²) in [5.74, 6) is 4.32. The van der Waals surface area contributed by atoms with E-state index in [-0.39, 0.29) is 11.5 Å². The van der Waals surface area contributed by atoms with Crippen LogP contribution in [0.1, 0.15) is 320 Å². The van der Waals surface area contributed by atoms with Gasteiger partial charge in [-0.15, -0.1) is 0 Å². The van der Waals surface area contributed by atoms with E-state index in [2.05, 4.69) is 27.7 Å². The van der Waals surface area contributed by atoms with E-state index >= 15 is 17.6 Å². The second-order valence-corrected chi connectivity index (χ2v) is 28.7. The van der Waals surface area contributed by atoms with Crippen molar-refractivity contribution in [1.29, 1.82) is 0 Å². The predicted octanol–water partition coefficient (Wildman–Crippen LogP) is 24.1. The molecule has 0 atom stereocenters. The molecule has 0 spiro atoms. The van der Waals surface area contributed by atoms with Gasteiger partial charge >= 0.3 is 0 Å². The third-order valence-corrected chi connectivity index (χ3v) is 23.3. The standard InChI is InChI=1S/C74H118F4O/c1-5-9-13-17-53-21-25-59(26-22-53)49-65-51-69(73(77)71(75)67(65)47-37-57-33-43-63(44-34-57)61-39-29-55(30-40-61)19-15-11-7-3)79-70-52-66(50-60-27-23-54(24-28-60)18-14-10-6-2)68(72(76)74(70)78)48-38-58-35-45-64(46-36-58)62-41-31-56(32-42-62)20-16-12-8-4/h51-64H,5-50H2,1-4H3. The zero-order valence-corrected chi connectivity index (χ0v) is 51.5. The quantitative estimate of drug-likeness (QED) is 0.0560. The zero-order valence-electron chi connectivity index (χ0n) is 51.5. The minimum absolute atomic E-state index is 0.281. The van der Waals surface area contributed by atoms with Gasteiger partial charge in [-0.2, -0.15) is 8.78 Å². The Bertz CT molecular complexity index is 1870. The molecule has 0 N–H and O–H groups in total. The Labute approximate surface area is 483 Å². The van der Waals surface area contributed by atoms with Crippen molar-refractivity contribution in [3.05, 3.63) is 57.7 Å². The lowest BCUT2D eigenvalue weighted by molar-refractivity contribution is 0.140. The van der Waals surface area contributed by atoms with Crippen LogP contribution in [0.4, 0.5) is 17.6 Å². The van der Waals surface area contributed by atoms with Crippen LogP contribution in [0, 0.1) is 94.3 Å². The number of unbranched alkanes of at least 4 members (excludes halogenated alkanes) is 8. The van der Waals surface area contributed by atoms with Crippen molar-refractivity contribution in [2.75, 3.05) is 0 Å². The van der Waals surface area contributed by atoms with Crippen molar-refractivity contribution in [3.63, 3.8) is 0 Å². The van der Waals surface area contributed by atoms with E-state index < -0.39 is 23.3 Å². The average Bonchev–Trinajstić information content (AvgIpc) is 3.49. The van der Waals surface area contributed by atoms with Crippen LogP contribution in [-0.2, 0) is 25.7 Å². The van der Waals surface area contributed by atoms with Crippen molar-refractivity contribution in [1.82, 2.24) is 0 Å². The SMILES string of the molecule is CCCCCC1CCC(Cc2cc(Oc3cc(CC4CCC(CCCCC)CC4)c(CCC4CCC(C5CCC(CCCCC)CC5)CC4)c(F)c3F)c(F)c(F)c2CCC2CCC(C3CCC(CCCCC)CC3)CC2)CC1. The molecule has 5 heteroatoms. The molecule has 448 valence electrons. The summed E-state index contributed by atoms with van der Waals surface area (Å²) in [6.07, 6.45) is 55.7. The van der Waals surface area contributed by atoms with Crippen LogP contribution in [0.2, 0.25) is 0 Å². The molecule has 0 bridgehead atoms. The van der Waals surface area contributed by atoms with Gasteiger partial charge in [0, 0.05) is 0 Å². The van der Waals surface area contributed by atoms with Gasteiger partial charge in [-0.3, -0.25) is 0 Å². The lowest BCUT2D eigenvalue weighted by atomic mass is 9.68. The largest absolute Gasteiger partial charge is 0.451 e. The molecule has 0 unspecified atom stereocenters. The molecule has 6 fully saturated rings. The van der Waals surface area contributed by atoms with Crippen LogP contribution in [0.3, 0.4) is 0 Å². The molecule has 6 saturated carbocycles.